The van der Waals surface area contributed by atoms with Gasteiger partial charge in [0, 0.05) is 23.0 Å². The quantitative estimate of drug-likeness (QED) is 0.754. The summed E-state index contributed by atoms with van der Waals surface area (Å²) in [6.45, 7) is 1.31. The minimum atomic E-state index is -0.608. The van der Waals surface area contributed by atoms with Gasteiger partial charge in [-0.15, -0.1) is 0 Å². The molecule has 4 aliphatic heterocycles. The van der Waals surface area contributed by atoms with Gasteiger partial charge < -0.3 is 28.8 Å². The number of phenols is 1. The van der Waals surface area contributed by atoms with Gasteiger partial charge in [-0.1, -0.05) is 0 Å². The van der Waals surface area contributed by atoms with E-state index in [9.17, 15) is 9.90 Å². The highest BCUT2D eigenvalue weighted by molar-refractivity contribution is 5.97. The van der Waals surface area contributed by atoms with Crippen molar-refractivity contribution < 1.29 is 33.6 Å². The first-order chi connectivity index (χ1) is 13.2. The average Bonchev–Trinajstić information content (AvgIpc) is 2.71. The third kappa shape index (κ3) is 2.67. The number of benzene rings is 1. The molecule has 1 aromatic rings. The summed E-state index contributed by atoms with van der Waals surface area (Å²) < 4.78 is 28.8. The molecule has 4 atom stereocenters. The van der Waals surface area contributed by atoms with E-state index in [2.05, 4.69) is 0 Å². The number of rotatable bonds is 1. The molecule has 0 radical (unpaired) electrons. The molecule has 2 fully saturated rings. The van der Waals surface area contributed by atoms with E-state index in [4.69, 9.17) is 23.7 Å². The average molecular weight is 376 g/mol. The minimum absolute atomic E-state index is 0.0812. The number of hydrogen-bond acceptors (Lipinski definition) is 7. The van der Waals surface area contributed by atoms with Crippen LogP contribution in [0.3, 0.4) is 0 Å². The summed E-state index contributed by atoms with van der Waals surface area (Å²) in [7, 11) is 1.30. The molecule has 0 bridgehead atoms. The molecule has 4 aliphatic rings. The van der Waals surface area contributed by atoms with E-state index in [0.717, 1.165) is 31.2 Å². The molecule has 27 heavy (non-hydrogen) atoms. The van der Waals surface area contributed by atoms with Crippen LogP contribution in [0.5, 0.6) is 17.2 Å². The van der Waals surface area contributed by atoms with Gasteiger partial charge in [0.05, 0.1) is 20.3 Å². The molecule has 4 unspecified atom stereocenters. The Hall–Kier alpha value is -1.99. The van der Waals surface area contributed by atoms with E-state index >= 15 is 0 Å². The molecular weight excluding hydrogens is 352 g/mol. The molecule has 5 rings (SSSR count). The lowest BCUT2D eigenvalue weighted by atomic mass is 9.82. The standard InChI is InChI=1S/C20H24O7/c1-23-18(22)14-15(21)12-8-10-4-2-6-24-19(10)26-16(12)13-9-11-5-3-7-25-20(11)27-17(13)14/h10-11,19-21H,2-9H2,1H3. The minimum Gasteiger partial charge on any atom is -0.506 e. The van der Waals surface area contributed by atoms with Crippen molar-refractivity contribution in [1.29, 1.82) is 0 Å². The zero-order chi connectivity index (χ0) is 18.5. The predicted molar refractivity (Wildman–Crippen MR) is 93.0 cm³/mol. The number of esters is 1. The maximum absolute atomic E-state index is 12.5. The highest BCUT2D eigenvalue weighted by atomic mass is 16.7. The lowest BCUT2D eigenvalue weighted by Gasteiger charge is -2.41. The molecule has 1 aromatic carbocycles. The van der Waals surface area contributed by atoms with Crippen LogP contribution in [0.1, 0.15) is 47.2 Å². The van der Waals surface area contributed by atoms with Crippen molar-refractivity contribution in [2.75, 3.05) is 20.3 Å². The fourth-order valence-electron chi connectivity index (χ4n) is 4.79. The molecule has 0 amide bonds. The number of aromatic hydroxyl groups is 1. The first-order valence-corrected chi connectivity index (χ1v) is 9.73. The Morgan fingerprint density at radius 2 is 1.56 bits per heavy atom. The van der Waals surface area contributed by atoms with Gasteiger partial charge in [0.1, 0.15) is 22.8 Å². The van der Waals surface area contributed by atoms with Crippen LogP contribution in [0.4, 0.5) is 0 Å². The number of methoxy groups -OCH3 is 1. The smallest absolute Gasteiger partial charge is 0.345 e. The summed E-state index contributed by atoms with van der Waals surface area (Å²) in [6.07, 6.45) is 4.52. The second kappa shape index (κ2) is 6.56. The summed E-state index contributed by atoms with van der Waals surface area (Å²) in [5.41, 5.74) is 1.57. The van der Waals surface area contributed by atoms with Gasteiger partial charge in [-0.2, -0.15) is 0 Å². The highest BCUT2D eigenvalue weighted by Crippen LogP contribution is 2.52. The second-order valence-corrected chi connectivity index (χ2v) is 7.76. The molecule has 7 nitrogen and oxygen atoms in total. The Kier molecular flexibility index (Phi) is 4.16. The molecule has 0 aliphatic carbocycles. The molecular formula is C20H24O7. The van der Waals surface area contributed by atoms with Gasteiger partial charge in [0.2, 0.25) is 12.6 Å². The fraction of sp³-hybridized carbons (Fsp3) is 0.650. The summed E-state index contributed by atoms with van der Waals surface area (Å²) in [6, 6.07) is 0. The second-order valence-electron chi connectivity index (χ2n) is 7.76. The first kappa shape index (κ1) is 17.1. The van der Waals surface area contributed by atoms with Crippen LogP contribution in [-0.4, -0.2) is 44.0 Å². The van der Waals surface area contributed by atoms with E-state index < -0.39 is 12.3 Å². The van der Waals surface area contributed by atoms with Crippen LogP contribution in [-0.2, 0) is 27.1 Å². The topological polar surface area (TPSA) is 83.5 Å². The van der Waals surface area contributed by atoms with Gasteiger partial charge in [0.25, 0.3) is 0 Å². The molecule has 0 saturated carbocycles. The zero-order valence-electron chi connectivity index (χ0n) is 15.4. The van der Waals surface area contributed by atoms with Crippen LogP contribution < -0.4 is 9.47 Å². The monoisotopic (exact) mass is 376 g/mol. The number of carbonyl (C=O) groups is 1. The summed E-state index contributed by atoms with van der Waals surface area (Å²) in [4.78, 5) is 12.5. The fourth-order valence-corrected chi connectivity index (χ4v) is 4.79. The van der Waals surface area contributed by atoms with Crippen molar-refractivity contribution in [1.82, 2.24) is 0 Å². The largest absolute Gasteiger partial charge is 0.506 e. The lowest BCUT2D eigenvalue weighted by molar-refractivity contribution is -0.156. The Morgan fingerprint density at radius 3 is 2.19 bits per heavy atom. The number of carbonyl (C=O) groups excluding carboxylic acids is 1. The van der Waals surface area contributed by atoms with Crippen LogP contribution in [0.15, 0.2) is 0 Å². The zero-order valence-corrected chi connectivity index (χ0v) is 15.4. The summed E-state index contributed by atoms with van der Waals surface area (Å²) in [5.74, 6) is 0.615. The molecule has 1 N–H and O–H groups in total. The molecule has 146 valence electrons. The van der Waals surface area contributed by atoms with Gasteiger partial charge in [-0.3, -0.25) is 0 Å². The van der Waals surface area contributed by atoms with E-state index in [-0.39, 0.29) is 29.4 Å². The Morgan fingerprint density at radius 1 is 0.963 bits per heavy atom. The van der Waals surface area contributed by atoms with Crippen molar-refractivity contribution in [3.63, 3.8) is 0 Å². The van der Waals surface area contributed by atoms with Crippen molar-refractivity contribution in [3.8, 4) is 17.2 Å². The first-order valence-electron chi connectivity index (χ1n) is 9.73. The van der Waals surface area contributed by atoms with E-state index in [1.54, 1.807) is 0 Å². The van der Waals surface area contributed by atoms with Crippen molar-refractivity contribution in [3.05, 3.63) is 16.7 Å². The van der Waals surface area contributed by atoms with Gasteiger partial charge >= 0.3 is 5.97 Å². The highest BCUT2D eigenvalue weighted by Gasteiger charge is 2.44. The van der Waals surface area contributed by atoms with Gasteiger partial charge in [0.15, 0.2) is 0 Å². The van der Waals surface area contributed by atoms with E-state index in [0.29, 0.717) is 43.1 Å². The van der Waals surface area contributed by atoms with Crippen LogP contribution in [0, 0.1) is 11.8 Å². The number of fused-ring (bicyclic) bond motifs is 5. The van der Waals surface area contributed by atoms with Crippen LogP contribution >= 0.6 is 0 Å². The van der Waals surface area contributed by atoms with Crippen molar-refractivity contribution in [2.24, 2.45) is 11.8 Å². The van der Waals surface area contributed by atoms with Gasteiger partial charge in [-0.25, -0.2) is 4.79 Å². The SMILES string of the molecule is COC(=O)c1c(O)c2c(c3c1OC1OCCCC1C3)OC1OCCCC1C2. The van der Waals surface area contributed by atoms with Crippen LogP contribution in [0.2, 0.25) is 0 Å². The van der Waals surface area contributed by atoms with Crippen molar-refractivity contribution in [2.45, 2.75) is 51.1 Å². The van der Waals surface area contributed by atoms with Crippen molar-refractivity contribution >= 4 is 5.97 Å². The normalized spacial score (nSPS) is 31.3. The third-order valence-electron chi connectivity index (χ3n) is 6.13. The third-order valence-corrected chi connectivity index (χ3v) is 6.13. The molecule has 0 aromatic heterocycles. The number of hydrogen-bond donors (Lipinski definition) is 1. The predicted octanol–water partition coefficient (Wildman–Crippen LogP) is 2.55. The van der Waals surface area contributed by atoms with Crippen LogP contribution in [0.25, 0.3) is 0 Å². The molecule has 4 heterocycles. The Labute approximate surface area is 157 Å². The molecule has 2 saturated heterocycles. The number of ether oxygens (including phenoxy) is 5. The Balaban J connectivity index is 1.65. The summed E-state index contributed by atoms with van der Waals surface area (Å²) >= 11 is 0. The maximum atomic E-state index is 12.5. The number of phenolic OH excluding ortho intramolecular Hbond substituents is 1. The van der Waals surface area contributed by atoms with E-state index in [1.165, 1.54) is 7.11 Å². The summed E-state index contributed by atoms with van der Waals surface area (Å²) in [5, 5.41) is 10.9. The lowest BCUT2D eigenvalue weighted by Crippen LogP contribution is -2.42. The maximum Gasteiger partial charge on any atom is 0.345 e. The van der Waals surface area contributed by atoms with Gasteiger partial charge in [-0.05, 0) is 38.5 Å². The Bertz CT molecular complexity index is 774. The van der Waals surface area contributed by atoms with E-state index in [1.807, 2.05) is 0 Å². The molecule has 0 spiro atoms. The molecule has 7 heteroatoms.